The van der Waals surface area contributed by atoms with Crippen molar-refractivity contribution < 1.29 is 19.5 Å². The number of carbonyl (C=O) groups excluding carboxylic acids is 3. The predicted octanol–water partition coefficient (Wildman–Crippen LogP) is 1.47. The van der Waals surface area contributed by atoms with Crippen LogP contribution >= 0.6 is 0 Å². The lowest BCUT2D eigenvalue weighted by atomic mass is 9.85. The van der Waals surface area contributed by atoms with E-state index in [4.69, 9.17) is 0 Å². The topological polar surface area (TPSA) is 107 Å². The number of nitrogens with zero attached hydrogens (tertiary/aromatic N) is 5. The van der Waals surface area contributed by atoms with E-state index in [0.717, 1.165) is 10.5 Å². The van der Waals surface area contributed by atoms with E-state index >= 15 is 0 Å². The van der Waals surface area contributed by atoms with Gasteiger partial charge in [-0.05, 0) is 18.4 Å². The van der Waals surface area contributed by atoms with Crippen LogP contribution in [0.25, 0.3) is 0 Å². The van der Waals surface area contributed by atoms with Crippen molar-refractivity contribution in [2.24, 2.45) is 0 Å². The summed E-state index contributed by atoms with van der Waals surface area (Å²) in [5.41, 5.74) is 0.321. The molecule has 0 unspecified atom stereocenters. The highest BCUT2D eigenvalue weighted by Crippen LogP contribution is 2.38. The van der Waals surface area contributed by atoms with Gasteiger partial charge in [-0.3, -0.25) is 14.5 Å². The number of likely N-dealkylation sites (tertiary alicyclic amines) is 1. The summed E-state index contributed by atoms with van der Waals surface area (Å²) in [6.45, 7) is 2.60. The zero-order chi connectivity index (χ0) is 22.7. The number of imide groups is 1. The molecule has 3 heterocycles. The zero-order valence-electron chi connectivity index (χ0n) is 18.1. The van der Waals surface area contributed by atoms with E-state index in [-0.39, 0.29) is 25.0 Å². The summed E-state index contributed by atoms with van der Waals surface area (Å²) in [6, 6.07) is 9.12. The van der Waals surface area contributed by atoms with E-state index in [2.05, 4.69) is 9.97 Å². The molecule has 2 aromatic rings. The van der Waals surface area contributed by atoms with Crippen molar-refractivity contribution in [3.05, 3.63) is 59.7 Å². The fourth-order valence-corrected chi connectivity index (χ4v) is 4.46. The summed E-state index contributed by atoms with van der Waals surface area (Å²) < 4.78 is 0. The molecule has 4 amide bonds. The summed E-state index contributed by atoms with van der Waals surface area (Å²) >= 11 is 0. The summed E-state index contributed by atoms with van der Waals surface area (Å²) in [5, 5.41) is 9.37. The summed E-state index contributed by atoms with van der Waals surface area (Å²) in [7, 11) is 0. The Bertz CT molecular complexity index is 987. The van der Waals surface area contributed by atoms with Crippen LogP contribution in [-0.2, 0) is 17.8 Å². The van der Waals surface area contributed by atoms with E-state index in [1.807, 2.05) is 37.3 Å². The molecule has 0 radical (unpaired) electrons. The molecule has 2 aliphatic heterocycles. The van der Waals surface area contributed by atoms with Gasteiger partial charge < -0.3 is 14.9 Å². The third-order valence-corrected chi connectivity index (χ3v) is 6.28. The number of β-amino-alcohol motifs (C(OH)–C–C–N with tert-alkyl or cyclic N) is 1. The standard InChI is InChI=1S/C23H27N5O4/c1-2-19-24-14-18(15-25-19)20(30)26-10-8-23(9-11-26)21(31)27(12-13-29)22(32)28(23)16-17-6-4-3-5-7-17/h3-7,14-15,29H,2,8-13,16H2,1H3. The summed E-state index contributed by atoms with van der Waals surface area (Å²) in [4.78, 5) is 52.2. The number of aliphatic hydroxyl groups excluding tert-OH is 1. The molecule has 1 spiro atoms. The van der Waals surface area contributed by atoms with Gasteiger partial charge in [0.05, 0.1) is 18.7 Å². The lowest BCUT2D eigenvalue weighted by molar-refractivity contribution is -0.135. The average molecular weight is 438 g/mol. The number of piperidine rings is 1. The van der Waals surface area contributed by atoms with Gasteiger partial charge in [0.15, 0.2) is 0 Å². The van der Waals surface area contributed by atoms with Crippen LogP contribution in [0.15, 0.2) is 42.7 Å². The number of hydrogen-bond donors (Lipinski definition) is 1. The highest BCUT2D eigenvalue weighted by molar-refractivity contribution is 6.07. The number of amides is 4. The molecule has 168 valence electrons. The Morgan fingerprint density at radius 1 is 1.09 bits per heavy atom. The summed E-state index contributed by atoms with van der Waals surface area (Å²) in [6.07, 6.45) is 4.44. The van der Waals surface area contributed by atoms with Crippen molar-refractivity contribution in [1.29, 1.82) is 0 Å². The molecule has 0 atom stereocenters. The third kappa shape index (κ3) is 3.84. The molecule has 1 N–H and O–H groups in total. The second-order valence-electron chi connectivity index (χ2n) is 8.10. The SMILES string of the molecule is CCc1ncc(C(=O)N2CCC3(CC2)C(=O)N(CCO)C(=O)N3Cc2ccccc2)cn1. The molecule has 4 rings (SSSR count). The second-order valence-corrected chi connectivity index (χ2v) is 8.10. The molecular weight excluding hydrogens is 410 g/mol. The minimum atomic E-state index is -1.01. The van der Waals surface area contributed by atoms with E-state index in [1.165, 1.54) is 12.4 Å². The van der Waals surface area contributed by atoms with Gasteiger partial charge in [0, 0.05) is 38.4 Å². The van der Waals surface area contributed by atoms with Crippen LogP contribution in [0.1, 0.15) is 41.5 Å². The van der Waals surface area contributed by atoms with Gasteiger partial charge in [0.25, 0.3) is 11.8 Å². The normalized spacial score (nSPS) is 18.0. The molecule has 0 bridgehead atoms. The van der Waals surface area contributed by atoms with Gasteiger partial charge in [-0.2, -0.15) is 0 Å². The number of hydrogen-bond acceptors (Lipinski definition) is 6. The van der Waals surface area contributed by atoms with Crippen LogP contribution in [-0.4, -0.2) is 79.4 Å². The first-order valence-electron chi connectivity index (χ1n) is 10.9. The zero-order valence-corrected chi connectivity index (χ0v) is 18.1. The molecular formula is C23H27N5O4. The van der Waals surface area contributed by atoms with Crippen LogP contribution in [0.4, 0.5) is 4.79 Å². The van der Waals surface area contributed by atoms with Crippen LogP contribution in [0.2, 0.25) is 0 Å². The van der Waals surface area contributed by atoms with Gasteiger partial charge in [-0.1, -0.05) is 37.3 Å². The number of benzene rings is 1. The van der Waals surface area contributed by atoms with Gasteiger partial charge in [-0.15, -0.1) is 0 Å². The smallest absolute Gasteiger partial charge is 0.328 e. The Hall–Kier alpha value is -3.33. The second kappa shape index (κ2) is 9.04. The van der Waals surface area contributed by atoms with Crippen LogP contribution in [0.5, 0.6) is 0 Å². The minimum absolute atomic E-state index is 0.0333. The molecule has 2 aliphatic rings. The van der Waals surface area contributed by atoms with E-state index in [0.29, 0.717) is 50.3 Å². The molecule has 0 aliphatic carbocycles. The van der Waals surface area contributed by atoms with E-state index in [9.17, 15) is 19.5 Å². The number of aryl methyl sites for hydroxylation is 1. The Morgan fingerprint density at radius 3 is 2.34 bits per heavy atom. The maximum Gasteiger partial charge on any atom is 0.328 e. The van der Waals surface area contributed by atoms with Crippen molar-refractivity contribution in [3.8, 4) is 0 Å². The third-order valence-electron chi connectivity index (χ3n) is 6.28. The summed E-state index contributed by atoms with van der Waals surface area (Å²) in [5.74, 6) is 0.200. The number of carbonyl (C=O) groups is 3. The fourth-order valence-electron chi connectivity index (χ4n) is 4.46. The highest BCUT2D eigenvalue weighted by Gasteiger charge is 2.58. The molecule has 1 aromatic carbocycles. The van der Waals surface area contributed by atoms with Gasteiger partial charge in [-0.25, -0.2) is 14.8 Å². The van der Waals surface area contributed by atoms with Gasteiger partial charge >= 0.3 is 6.03 Å². The fraction of sp³-hybridized carbons (Fsp3) is 0.435. The lowest BCUT2D eigenvalue weighted by Gasteiger charge is -2.42. The Kier molecular flexibility index (Phi) is 6.18. The maximum absolute atomic E-state index is 13.3. The van der Waals surface area contributed by atoms with Crippen LogP contribution < -0.4 is 0 Å². The van der Waals surface area contributed by atoms with Crippen molar-refractivity contribution in [2.45, 2.75) is 38.3 Å². The first kappa shape index (κ1) is 21.9. The van der Waals surface area contributed by atoms with Crippen molar-refractivity contribution in [1.82, 2.24) is 24.7 Å². The van der Waals surface area contributed by atoms with Gasteiger partial charge in [0.1, 0.15) is 11.4 Å². The Morgan fingerprint density at radius 2 is 1.75 bits per heavy atom. The van der Waals surface area contributed by atoms with Gasteiger partial charge in [0.2, 0.25) is 0 Å². The van der Waals surface area contributed by atoms with Crippen molar-refractivity contribution in [3.63, 3.8) is 0 Å². The van der Waals surface area contributed by atoms with Crippen molar-refractivity contribution >= 4 is 17.8 Å². The molecule has 0 saturated carbocycles. The van der Waals surface area contributed by atoms with E-state index in [1.54, 1.807) is 9.80 Å². The van der Waals surface area contributed by atoms with Crippen molar-refractivity contribution in [2.75, 3.05) is 26.2 Å². The van der Waals surface area contributed by atoms with E-state index < -0.39 is 11.6 Å². The largest absolute Gasteiger partial charge is 0.395 e. The molecule has 2 saturated heterocycles. The number of aromatic nitrogens is 2. The highest BCUT2D eigenvalue weighted by atomic mass is 16.3. The van der Waals surface area contributed by atoms with Crippen LogP contribution in [0.3, 0.4) is 0 Å². The number of rotatable bonds is 6. The lowest BCUT2D eigenvalue weighted by Crippen LogP contribution is -2.57. The molecule has 2 fully saturated rings. The first-order chi connectivity index (χ1) is 15.5. The first-order valence-corrected chi connectivity index (χ1v) is 10.9. The minimum Gasteiger partial charge on any atom is -0.395 e. The monoisotopic (exact) mass is 437 g/mol. The molecule has 9 nitrogen and oxygen atoms in total. The number of urea groups is 1. The molecule has 9 heteroatoms. The van der Waals surface area contributed by atoms with Crippen LogP contribution in [0, 0.1) is 0 Å². The Labute approximate surface area is 186 Å². The number of aliphatic hydroxyl groups is 1. The predicted molar refractivity (Wildman–Crippen MR) is 115 cm³/mol. The molecule has 32 heavy (non-hydrogen) atoms. The quantitative estimate of drug-likeness (QED) is 0.686. The average Bonchev–Trinajstić information content (AvgIpc) is 3.02. The Balaban J connectivity index is 1.54. The molecule has 1 aromatic heterocycles. The maximum atomic E-state index is 13.3.